The van der Waals surface area contributed by atoms with Gasteiger partial charge in [0.2, 0.25) is 11.8 Å². The van der Waals surface area contributed by atoms with Crippen LogP contribution in [0.4, 0.5) is 0 Å². The van der Waals surface area contributed by atoms with Crippen LogP contribution < -0.4 is 10.6 Å². The summed E-state index contributed by atoms with van der Waals surface area (Å²) in [5, 5.41) is 25.3. The molecule has 0 heterocycles. The summed E-state index contributed by atoms with van der Waals surface area (Å²) < 4.78 is 0. The summed E-state index contributed by atoms with van der Waals surface area (Å²) in [4.78, 5) is 24.0. The minimum absolute atomic E-state index is 0.153. The Morgan fingerprint density at radius 2 is 1.14 bits per heavy atom. The lowest BCUT2D eigenvalue weighted by atomic mass is 9.89. The predicted octanol–water partition coefficient (Wildman–Crippen LogP) is 0.564. The highest BCUT2D eigenvalue weighted by molar-refractivity contribution is 5.82. The monoisotopic (exact) mass is 314 g/mol. The summed E-state index contributed by atoms with van der Waals surface area (Å²) >= 11 is 0. The molecule has 0 aliphatic heterocycles. The molecule has 6 heteroatoms. The molecular weight excluding hydrogens is 284 g/mol. The fourth-order valence-electron chi connectivity index (χ4n) is 2.62. The van der Waals surface area contributed by atoms with Crippen LogP contribution in [0, 0.1) is 11.8 Å². The average molecular weight is 314 g/mol. The smallest absolute Gasteiger partial charge is 0.249 e. The van der Waals surface area contributed by atoms with E-state index < -0.39 is 24.0 Å². The normalized spacial score (nSPS) is 24.9. The fraction of sp³-hybridized carbons (Fsp3) is 0.875. The van der Waals surface area contributed by atoms with Gasteiger partial charge in [0.1, 0.15) is 12.2 Å². The van der Waals surface area contributed by atoms with Crippen molar-refractivity contribution in [3.8, 4) is 0 Å². The zero-order valence-corrected chi connectivity index (χ0v) is 14.0. The molecule has 0 bridgehead atoms. The van der Waals surface area contributed by atoms with Gasteiger partial charge in [-0.25, -0.2) is 0 Å². The van der Waals surface area contributed by atoms with E-state index >= 15 is 0 Å². The Labute approximate surface area is 132 Å². The lowest BCUT2D eigenvalue weighted by Crippen LogP contribution is -2.57. The van der Waals surface area contributed by atoms with Crippen LogP contribution in [0.3, 0.4) is 0 Å². The molecule has 4 N–H and O–H groups in total. The topological polar surface area (TPSA) is 98.7 Å². The van der Waals surface area contributed by atoms with Gasteiger partial charge < -0.3 is 20.8 Å². The number of rotatable bonds is 6. The number of aliphatic hydroxyl groups is 2. The van der Waals surface area contributed by atoms with Crippen molar-refractivity contribution in [1.29, 1.82) is 0 Å². The first-order valence-electron chi connectivity index (χ1n) is 8.21. The van der Waals surface area contributed by atoms with E-state index in [4.69, 9.17) is 0 Å². The summed E-state index contributed by atoms with van der Waals surface area (Å²) in [7, 11) is 0. The molecule has 0 aromatic heterocycles. The lowest BCUT2D eigenvalue weighted by Gasteiger charge is -2.34. The Morgan fingerprint density at radius 3 is 1.41 bits per heavy atom. The number of hydrogen-bond donors (Lipinski definition) is 4. The summed E-state index contributed by atoms with van der Waals surface area (Å²) in [6.07, 6.45) is 1.39. The number of carbonyl (C=O) groups is 2. The van der Waals surface area contributed by atoms with Crippen molar-refractivity contribution < 1.29 is 19.8 Å². The summed E-state index contributed by atoms with van der Waals surface area (Å²) in [5.74, 6) is -1.10. The first kappa shape index (κ1) is 18.9. The van der Waals surface area contributed by atoms with Crippen LogP contribution in [0.5, 0.6) is 0 Å². The van der Waals surface area contributed by atoms with Gasteiger partial charge in [-0.2, -0.15) is 0 Å². The standard InChI is InChI=1S/C16H30N2O4/c1-9(2)13(19)15(21)17-11-7-5-6-8-12(11)18-16(22)14(20)10(3)4/h9-14,19-20H,5-8H2,1-4H3,(H,17,21)(H,18,22)/t11-,12-,13-,14-/m1/s1. The van der Waals surface area contributed by atoms with Gasteiger partial charge in [-0.15, -0.1) is 0 Å². The molecule has 0 unspecified atom stereocenters. The Kier molecular flexibility index (Phi) is 7.29. The van der Waals surface area contributed by atoms with Crippen molar-refractivity contribution in [3.05, 3.63) is 0 Å². The maximum atomic E-state index is 12.0. The molecule has 0 aromatic rings. The molecule has 6 nitrogen and oxygen atoms in total. The summed E-state index contributed by atoms with van der Waals surface area (Å²) in [6.45, 7) is 7.12. The van der Waals surface area contributed by atoms with E-state index in [9.17, 15) is 19.8 Å². The van der Waals surface area contributed by atoms with Gasteiger partial charge in [0, 0.05) is 12.1 Å². The highest BCUT2D eigenvalue weighted by Crippen LogP contribution is 2.19. The zero-order valence-electron chi connectivity index (χ0n) is 14.0. The molecule has 1 aliphatic carbocycles. The van der Waals surface area contributed by atoms with Crippen LogP contribution in [0.1, 0.15) is 53.4 Å². The van der Waals surface area contributed by atoms with Crippen LogP contribution in [0.2, 0.25) is 0 Å². The maximum absolute atomic E-state index is 12.0. The van der Waals surface area contributed by atoms with Gasteiger partial charge in [-0.05, 0) is 24.7 Å². The van der Waals surface area contributed by atoms with Gasteiger partial charge in [-0.3, -0.25) is 9.59 Å². The van der Waals surface area contributed by atoms with E-state index in [2.05, 4.69) is 10.6 Å². The number of hydrogen-bond acceptors (Lipinski definition) is 4. The van der Waals surface area contributed by atoms with Gasteiger partial charge in [-0.1, -0.05) is 40.5 Å². The molecule has 1 fully saturated rings. The summed E-state index contributed by atoms with van der Waals surface area (Å²) in [5.41, 5.74) is 0. The Bertz CT molecular complexity index is 348. The van der Waals surface area contributed by atoms with Crippen LogP contribution in [0.25, 0.3) is 0 Å². The molecule has 0 saturated heterocycles. The largest absolute Gasteiger partial charge is 0.383 e. The molecule has 0 aromatic carbocycles. The van der Waals surface area contributed by atoms with Crippen LogP contribution in [0.15, 0.2) is 0 Å². The Balaban J connectivity index is 2.64. The third kappa shape index (κ3) is 5.25. The van der Waals surface area contributed by atoms with E-state index in [1.807, 2.05) is 0 Å². The van der Waals surface area contributed by atoms with E-state index in [0.717, 1.165) is 25.7 Å². The molecule has 0 radical (unpaired) electrons. The summed E-state index contributed by atoms with van der Waals surface area (Å²) in [6, 6.07) is -0.393. The van der Waals surface area contributed by atoms with Crippen molar-refractivity contribution >= 4 is 11.8 Å². The lowest BCUT2D eigenvalue weighted by molar-refractivity contribution is -0.135. The van der Waals surface area contributed by atoms with Gasteiger partial charge >= 0.3 is 0 Å². The molecule has 128 valence electrons. The molecule has 1 rings (SSSR count). The van der Waals surface area contributed by atoms with Crippen molar-refractivity contribution in [2.24, 2.45) is 11.8 Å². The van der Waals surface area contributed by atoms with E-state index in [0.29, 0.717) is 0 Å². The molecule has 0 spiro atoms. The van der Waals surface area contributed by atoms with E-state index in [1.54, 1.807) is 27.7 Å². The van der Waals surface area contributed by atoms with Gasteiger partial charge in [0.15, 0.2) is 0 Å². The van der Waals surface area contributed by atoms with E-state index in [1.165, 1.54) is 0 Å². The molecule has 2 amide bonds. The first-order valence-corrected chi connectivity index (χ1v) is 8.21. The quantitative estimate of drug-likeness (QED) is 0.576. The highest BCUT2D eigenvalue weighted by Gasteiger charge is 2.31. The zero-order chi connectivity index (χ0) is 16.9. The number of carbonyl (C=O) groups excluding carboxylic acids is 2. The Morgan fingerprint density at radius 1 is 0.818 bits per heavy atom. The Hall–Kier alpha value is -1.14. The second-order valence-corrected chi connectivity index (χ2v) is 6.89. The highest BCUT2D eigenvalue weighted by atomic mass is 16.3. The van der Waals surface area contributed by atoms with Gasteiger partial charge in [0.25, 0.3) is 0 Å². The minimum Gasteiger partial charge on any atom is -0.383 e. The number of aliphatic hydroxyl groups excluding tert-OH is 2. The van der Waals surface area contributed by atoms with Gasteiger partial charge in [0.05, 0.1) is 0 Å². The number of amides is 2. The van der Waals surface area contributed by atoms with Crippen molar-refractivity contribution in [2.45, 2.75) is 77.7 Å². The van der Waals surface area contributed by atoms with Crippen molar-refractivity contribution in [1.82, 2.24) is 10.6 Å². The molecule has 4 atom stereocenters. The van der Waals surface area contributed by atoms with Crippen LogP contribution in [-0.4, -0.2) is 46.3 Å². The maximum Gasteiger partial charge on any atom is 0.249 e. The molecule has 22 heavy (non-hydrogen) atoms. The predicted molar refractivity (Wildman–Crippen MR) is 84.0 cm³/mol. The molecule has 1 saturated carbocycles. The second-order valence-electron chi connectivity index (χ2n) is 6.89. The average Bonchev–Trinajstić information content (AvgIpc) is 2.47. The first-order chi connectivity index (χ1) is 10.2. The third-order valence-corrected chi connectivity index (χ3v) is 4.22. The fourth-order valence-corrected chi connectivity index (χ4v) is 2.62. The van der Waals surface area contributed by atoms with Crippen molar-refractivity contribution in [2.75, 3.05) is 0 Å². The second kappa shape index (κ2) is 8.48. The third-order valence-electron chi connectivity index (χ3n) is 4.22. The SMILES string of the molecule is CC(C)[C@@H](O)C(=O)N[C@@H]1CCCC[C@H]1NC(=O)[C@H](O)C(C)C. The molecule has 1 aliphatic rings. The van der Waals surface area contributed by atoms with Crippen molar-refractivity contribution in [3.63, 3.8) is 0 Å². The van der Waals surface area contributed by atoms with E-state index in [-0.39, 0.29) is 23.9 Å². The number of nitrogens with one attached hydrogen (secondary N) is 2. The van der Waals surface area contributed by atoms with Crippen LogP contribution >= 0.6 is 0 Å². The van der Waals surface area contributed by atoms with Crippen LogP contribution in [-0.2, 0) is 9.59 Å². The minimum atomic E-state index is -1.04. The molecular formula is C16H30N2O4.